The van der Waals surface area contributed by atoms with E-state index in [4.69, 9.17) is 0 Å². The van der Waals surface area contributed by atoms with E-state index in [1.807, 2.05) is 0 Å². The Kier molecular flexibility index (Phi) is 2.19. The Morgan fingerprint density at radius 2 is 2.20 bits per heavy atom. The van der Waals surface area contributed by atoms with Crippen LogP contribution in [0.1, 0.15) is 25.7 Å². The van der Waals surface area contributed by atoms with Crippen LogP contribution in [0.4, 0.5) is 0 Å². The average Bonchev–Trinajstić information content (AvgIpc) is 2.17. The van der Waals surface area contributed by atoms with Gasteiger partial charge < -0.3 is 5.32 Å². The monoisotopic (exact) mass is 157 g/mol. The van der Waals surface area contributed by atoms with Gasteiger partial charge in [0.05, 0.1) is 0 Å². The van der Waals surface area contributed by atoms with Crippen LogP contribution < -0.4 is 5.32 Å². The van der Waals surface area contributed by atoms with Crippen molar-refractivity contribution in [3.05, 3.63) is 0 Å². The quantitative estimate of drug-likeness (QED) is 0.573. The summed E-state index contributed by atoms with van der Waals surface area (Å²) in [5.74, 6) is 1.37. The molecular weight excluding hydrogens is 142 g/mol. The van der Waals surface area contributed by atoms with E-state index in [0.717, 1.165) is 11.3 Å². The molecule has 0 radical (unpaired) electrons. The zero-order valence-corrected chi connectivity index (χ0v) is 7.12. The van der Waals surface area contributed by atoms with Gasteiger partial charge in [-0.2, -0.15) is 11.8 Å². The number of nitrogens with one attached hydrogen (secondary N) is 1. The first-order valence-electron chi connectivity index (χ1n) is 4.30. The molecule has 0 aliphatic carbocycles. The van der Waals surface area contributed by atoms with Gasteiger partial charge in [-0.3, -0.25) is 0 Å². The Bertz CT molecular complexity index is 93.8. The van der Waals surface area contributed by atoms with Gasteiger partial charge in [-0.25, -0.2) is 0 Å². The molecule has 0 saturated carbocycles. The summed E-state index contributed by atoms with van der Waals surface area (Å²) in [6.45, 7) is 1.27. The first-order chi connectivity index (χ1) is 4.95. The fraction of sp³-hybridized carbons (Fsp3) is 1.00. The van der Waals surface area contributed by atoms with E-state index in [1.54, 1.807) is 0 Å². The first-order valence-corrected chi connectivity index (χ1v) is 5.35. The summed E-state index contributed by atoms with van der Waals surface area (Å²) in [6.07, 6.45) is 5.75. The van der Waals surface area contributed by atoms with Crippen molar-refractivity contribution in [3.63, 3.8) is 0 Å². The molecule has 58 valence electrons. The maximum atomic E-state index is 3.59. The van der Waals surface area contributed by atoms with Crippen molar-refractivity contribution in [2.75, 3.05) is 12.3 Å². The Balaban J connectivity index is 2.01. The highest BCUT2D eigenvalue weighted by atomic mass is 32.2. The lowest BCUT2D eigenvalue weighted by atomic mass is 10.1. The lowest BCUT2D eigenvalue weighted by Crippen LogP contribution is -2.31. The summed E-state index contributed by atoms with van der Waals surface area (Å²) in [7, 11) is 0. The van der Waals surface area contributed by atoms with Gasteiger partial charge in [0.15, 0.2) is 0 Å². The lowest BCUT2D eigenvalue weighted by Gasteiger charge is -2.15. The van der Waals surface area contributed by atoms with Gasteiger partial charge in [0, 0.05) is 17.0 Å². The van der Waals surface area contributed by atoms with Crippen LogP contribution in [-0.4, -0.2) is 23.6 Å². The molecule has 2 rings (SSSR count). The third-order valence-corrected chi connectivity index (χ3v) is 4.05. The van der Waals surface area contributed by atoms with Crippen LogP contribution in [-0.2, 0) is 0 Å². The molecule has 0 amide bonds. The summed E-state index contributed by atoms with van der Waals surface area (Å²) >= 11 is 2.19. The van der Waals surface area contributed by atoms with Crippen molar-refractivity contribution >= 4 is 11.8 Å². The van der Waals surface area contributed by atoms with Gasteiger partial charge in [0.25, 0.3) is 0 Å². The predicted octanol–water partition coefficient (Wildman–Crippen LogP) is 1.63. The van der Waals surface area contributed by atoms with Crippen molar-refractivity contribution in [2.24, 2.45) is 0 Å². The van der Waals surface area contributed by atoms with Crippen molar-refractivity contribution in [2.45, 2.75) is 37.0 Å². The zero-order valence-electron chi connectivity index (χ0n) is 6.31. The van der Waals surface area contributed by atoms with Crippen LogP contribution in [0, 0.1) is 0 Å². The minimum absolute atomic E-state index is 0.845. The number of thioether (sulfide) groups is 1. The van der Waals surface area contributed by atoms with Gasteiger partial charge in [-0.15, -0.1) is 0 Å². The van der Waals surface area contributed by atoms with Crippen LogP contribution in [0.2, 0.25) is 0 Å². The van der Waals surface area contributed by atoms with E-state index in [9.17, 15) is 0 Å². The summed E-state index contributed by atoms with van der Waals surface area (Å²) < 4.78 is 0. The van der Waals surface area contributed by atoms with Crippen LogP contribution in [0.3, 0.4) is 0 Å². The van der Waals surface area contributed by atoms with Gasteiger partial charge >= 0.3 is 0 Å². The second-order valence-corrected chi connectivity index (χ2v) is 4.66. The Hall–Kier alpha value is 0.310. The van der Waals surface area contributed by atoms with Gasteiger partial charge in [0.1, 0.15) is 0 Å². The zero-order chi connectivity index (χ0) is 6.81. The highest BCUT2D eigenvalue weighted by Crippen LogP contribution is 2.28. The topological polar surface area (TPSA) is 12.0 Å². The largest absolute Gasteiger partial charge is 0.313 e. The summed E-state index contributed by atoms with van der Waals surface area (Å²) in [5.41, 5.74) is 0. The molecule has 2 heterocycles. The molecule has 2 saturated heterocycles. The Labute approximate surface area is 67.0 Å². The van der Waals surface area contributed by atoms with Crippen molar-refractivity contribution < 1.29 is 0 Å². The lowest BCUT2D eigenvalue weighted by molar-refractivity contribution is 0.464. The maximum Gasteiger partial charge on any atom is 0.0158 e. The number of hydrogen-bond donors (Lipinski definition) is 1. The molecule has 0 unspecified atom stereocenters. The molecule has 2 aliphatic heterocycles. The molecular formula is C8H15NS. The molecule has 0 aromatic carbocycles. The third kappa shape index (κ3) is 1.48. The molecule has 2 atom stereocenters. The standard InChI is InChI=1S/C8H15NS/c1-2-7-6-10-8(3-1)4-5-9-7/h7-9H,1-6H2/t7-,8-/m0/s1. The van der Waals surface area contributed by atoms with E-state index in [0.29, 0.717) is 0 Å². The smallest absolute Gasteiger partial charge is 0.0158 e. The van der Waals surface area contributed by atoms with E-state index in [2.05, 4.69) is 17.1 Å². The van der Waals surface area contributed by atoms with E-state index in [1.165, 1.54) is 38.0 Å². The summed E-state index contributed by atoms with van der Waals surface area (Å²) in [6, 6.07) is 0.845. The summed E-state index contributed by atoms with van der Waals surface area (Å²) in [5, 5.41) is 4.58. The molecule has 2 bridgehead atoms. The van der Waals surface area contributed by atoms with Crippen LogP contribution in [0.5, 0.6) is 0 Å². The third-order valence-electron chi connectivity index (χ3n) is 2.51. The highest BCUT2D eigenvalue weighted by Gasteiger charge is 2.21. The molecule has 10 heavy (non-hydrogen) atoms. The van der Waals surface area contributed by atoms with Crippen LogP contribution in [0.25, 0.3) is 0 Å². The Morgan fingerprint density at radius 1 is 1.20 bits per heavy atom. The van der Waals surface area contributed by atoms with E-state index in [-0.39, 0.29) is 0 Å². The maximum absolute atomic E-state index is 3.59. The van der Waals surface area contributed by atoms with Gasteiger partial charge in [0.2, 0.25) is 0 Å². The van der Waals surface area contributed by atoms with Crippen molar-refractivity contribution in [1.82, 2.24) is 5.32 Å². The normalized spacial score (nSPS) is 40.8. The van der Waals surface area contributed by atoms with Gasteiger partial charge in [-0.05, 0) is 25.8 Å². The number of hydrogen-bond acceptors (Lipinski definition) is 2. The second kappa shape index (κ2) is 3.14. The second-order valence-electron chi connectivity index (χ2n) is 3.33. The van der Waals surface area contributed by atoms with Crippen LogP contribution in [0.15, 0.2) is 0 Å². The van der Waals surface area contributed by atoms with E-state index < -0.39 is 0 Å². The molecule has 0 aromatic rings. The predicted molar refractivity (Wildman–Crippen MR) is 46.5 cm³/mol. The molecule has 0 aromatic heterocycles. The molecule has 1 N–H and O–H groups in total. The van der Waals surface area contributed by atoms with Crippen LogP contribution >= 0.6 is 11.8 Å². The van der Waals surface area contributed by atoms with Gasteiger partial charge in [-0.1, -0.05) is 6.42 Å². The molecule has 2 aliphatic rings. The van der Waals surface area contributed by atoms with Crippen molar-refractivity contribution in [1.29, 1.82) is 0 Å². The SMILES string of the molecule is C1C[C@H]2CS[C@@H](C1)CCN2. The minimum atomic E-state index is 0.845. The minimum Gasteiger partial charge on any atom is -0.313 e. The highest BCUT2D eigenvalue weighted by molar-refractivity contribution is 7.99. The molecule has 2 fully saturated rings. The molecule has 2 heteroatoms. The summed E-state index contributed by atoms with van der Waals surface area (Å²) in [4.78, 5) is 0. The molecule has 1 nitrogen and oxygen atoms in total. The number of rotatable bonds is 0. The fourth-order valence-electron chi connectivity index (χ4n) is 1.85. The van der Waals surface area contributed by atoms with E-state index >= 15 is 0 Å². The Morgan fingerprint density at radius 3 is 3.20 bits per heavy atom. The number of fused-ring (bicyclic) bond motifs is 3. The molecule has 0 spiro atoms. The first kappa shape index (κ1) is 6.99. The fourth-order valence-corrected chi connectivity index (χ4v) is 3.25. The average molecular weight is 157 g/mol. The van der Waals surface area contributed by atoms with Crippen molar-refractivity contribution in [3.8, 4) is 0 Å².